The first-order valence-electron chi connectivity index (χ1n) is 11.6. The molecule has 184 valence electrons. The Labute approximate surface area is 206 Å². The molecular weight excluding hydrogens is 466 g/mol. The lowest BCUT2D eigenvalue weighted by Crippen LogP contribution is -2.55. The van der Waals surface area contributed by atoms with Crippen molar-refractivity contribution in [2.45, 2.75) is 53.2 Å². The Morgan fingerprint density at radius 3 is 2.60 bits per heavy atom. The third-order valence-electron chi connectivity index (χ3n) is 5.91. The fourth-order valence-corrected chi connectivity index (χ4v) is 5.31. The van der Waals surface area contributed by atoms with Crippen LogP contribution in [-0.4, -0.2) is 66.3 Å². The third-order valence-corrected chi connectivity index (χ3v) is 6.96. The molecule has 1 aliphatic rings. The van der Waals surface area contributed by atoms with E-state index in [0.29, 0.717) is 36.0 Å². The minimum Gasteiger partial charge on any atom is -0.444 e. The third kappa shape index (κ3) is 4.47. The van der Waals surface area contributed by atoms with Crippen LogP contribution in [0.3, 0.4) is 0 Å². The van der Waals surface area contributed by atoms with Crippen molar-refractivity contribution in [3.05, 3.63) is 46.1 Å². The summed E-state index contributed by atoms with van der Waals surface area (Å²) in [6.45, 7) is 13.3. The first-order valence-corrected chi connectivity index (χ1v) is 12.4. The van der Waals surface area contributed by atoms with Crippen LogP contribution in [0, 0.1) is 13.8 Å². The number of nitrogens with zero attached hydrogens (tertiary/aromatic N) is 7. The molecule has 0 aliphatic carbocycles. The van der Waals surface area contributed by atoms with Gasteiger partial charge in [0.2, 0.25) is 0 Å². The molecule has 0 saturated carbocycles. The molecule has 1 atom stereocenters. The average molecular weight is 496 g/mol. The Hall–Kier alpha value is -3.47. The van der Waals surface area contributed by atoms with Crippen molar-refractivity contribution in [3.63, 3.8) is 0 Å². The molecule has 4 aromatic rings. The summed E-state index contributed by atoms with van der Waals surface area (Å²) in [5.74, 6) is 0. The van der Waals surface area contributed by atoms with E-state index in [1.165, 1.54) is 17.4 Å². The maximum atomic E-state index is 13.0. The predicted octanol–water partition coefficient (Wildman–Crippen LogP) is 3.53. The molecule has 1 aliphatic heterocycles. The number of carbonyl (C=O) groups excluding carboxylic acids is 1. The Morgan fingerprint density at radius 2 is 1.89 bits per heavy atom. The number of thiazole rings is 1. The quantitative estimate of drug-likeness (QED) is 0.420. The van der Waals surface area contributed by atoms with Gasteiger partial charge in [-0.05, 0) is 53.2 Å². The molecule has 10 nitrogen and oxygen atoms in total. The highest BCUT2D eigenvalue weighted by atomic mass is 32.1. The monoisotopic (exact) mass is 495 g/mol. The van der Waals surface area contributed by atoms with E-state index in [9.17, 15) is 9.59 Å². The second-order valence-electron chi connectivity index (χ2n) is 10.0. The van der Waals surface area contributed by atoms with Gasteiger partial charge >= 0.3 is 6.09 Å². The molecule has 35 heavy (non-hydrogen) atoms. The van der Waals surface area contributed by atoms with E-state index in [0.717, 1.165) is 21.9 Å². The topological polar surface area (TPSA) is 97.3 Å². The molecule has 0 aromatic carbocycles. The number of amides is 1. The normalized spacial score (nSPS) is 16.9. The van der Waals surface area contributed by atoms with Gasteiger partial charge in [-0.3, -0.25) is 9.20 Å². The molecule has 0 N–H and O–H groups in total. The molecule has 1 amide bonds. The Morgan fingerprint density at radius 1 is 1.11 bits per heavy atom. The van der Waals surface area contributed by atoms with Crippen molar-refractivity contribution < 1.29 is 9.53 Å². The molecule has 0 radical (unpaired) electrons. The highest BCUT2D eigenvalue weighted by molar-refractivity contribution is 7.20. The number of ether oxygens (including phenoxy) is 1. The van der Waals surface area contributed by atoms with Crippen LogP contribution in [0.2, 0.25) is 0 Å². The van der Waals surface area contributed by atoms with E-state index in [1.54, 1.807) is 13.8 Å². The number of hydrogen-bond donors (Lipinski definition) is 0. The molecule has 5 rings (SSSR count). The molecule has 0 bridgehead atoms. The van der Waals surface area contributed by atoms with Gasteiger partial charge in [-0.1, -0.05) is 11.3 Å². The maximum absolute atomic E-state index is 13.0. The van der Waals surface area contributed by atoms with Crippen molar-refractivity contribution in [3.8, 4) is 11.4 Å². The number of piperazine rings is 1. The lowest BCUT2D eigenvalue weighted by atomic mass is 10.2. The van der Waals surface area contributed by atoms with Gasteiger partial charge in [0, 0.05) is 37.9 Å². The fourth-order valence-electron chi connectivity index (χ4n) is 4.29. The predicted molar refractivity (Wildman–Crippen MR) is 135 cm³/mol. The molecule has 4 aromatic heterocycles. The zero-order valence-corrected chi connectivity index (χ0v) is 21.6. The van der Waals surface area contributed by atoms with Gasteiger partial charge in [0.25, 0.3) is 5.56 Å². The Kier molecular flexibility index (Phi) is 5.54. The fraction of sp³-hybridized carbons (Fsp3) is 0.458. The first kappa shape index (κ1) is 23.3. The van der Waals surface area contributed by atoms with Gasteiger partial charge in [0.1, 0.15) is 16.3 Å². The van der Waals surface area contributed by atoms with Gasteiger partial charge in [-0.15, -0.1) is 0 Å². The van der Waals surface area contributed by atoms with Crippen molar-refractivity contribution in [2.24, 2.45) is 0 Å². The van der Waals surface area contributed by atoms with Gasteiger partial charge in [-0.25, -0.2) is 19.3 Å². The number of hydrogen-bond acceptors (Lipinski definition) is 8. The minimum atomic E-state index is -0.529. The number of imidazole rings is 1. The van der Waals surface area contributed by atoms with Crippen LogP contribution in [-0.2, 0) is 4.74 Å². The van der Waals surface area contributed by atoms with Crippen molar-refractivity contribution in [1.82, 2.24) is 28.9 Å². The number of rotatable bonds is 2. The van der Waals surface area contributed by atoms with E-state index in [1.807, 2.05) is 60.0 Å². The van der Waals surface area contributed by atoms with Gasteiger partial charge in [-0.2, -0.15) is 5.10 Å². The minimum absolute atomic E-state index is 0.0263. The molecule has 5 heterocycles. The summed E-state index contributed by atoms with van der Waals surface area (Å²) >= 11 is 1.46. The lowest BCUT2D eigenvalue weighted by Gasteiger charge is -2.40. The van der Waals surface area contributed by atoms with Crippen molar-refractivity contribution >= 4 is 33.0 Å². The Balaban J connectivity index is 1.42. The number of aromatic nitrogens is 5. The van der Waals surface area contributed by atoms with Crippen LogP contribution >= 0.6 is 11.3 Å². The van der Waals surface area contributed by atoms with Crippen molar-refractivity contribution in [2.75, 3.05) is 24.5 Å². The Bertz CT molecular complexity index is 1500. The second kappa shape index (κ2) is 8.33. The highest BCUT2D eigenvalue weighted by Gasteiger charge is 2.31. The summed E-state index contributed by atoms with van der Waals surface area (Å²) in [7, 11) is 0. The summed E-state index contributed by atoms with van der Waals surface area (Å²) in [5, 5.41) is 5.56. The van der Waals surface area contributed by atoms with Gasteiger partial charge in [0.15, 0.2) is 10.6 Å². The standard InChI is InChI=1S/C24H29N7O3S/c1-14-9-18(27-31-11-15(2)25-21(14)31)17-10-19(32)30-13-20(35-22(30)26-17)28-7-8-29(16(3)12-28)23(33)34-24(4,5)6/h9-11,13,16H,7-8,12H2,1-6H3/t16-/m1/s1. The van der Waals surface area contributed by atoms with Crippen LogP contribution in [0.4, 0.5) is 9.80 Å². The zero-order chi connectivity index (χ0) is 25.1. The molecule has 0 spiro atoms. The summed E-state index contributed by atoms with van der Waals surface area (Å²) in [4.78, 5) is 39.3. The number of anilines is 1. The zero-order valence-electron chi connectivity index (χ0n) is 20.8. The smallest absolute Gasteiger partial charge is 0.410 e. The van der Waals surface area contributed by atoms with E-state index < -0.39 is 5.60 Å². The SMILES string of the molecule is Cc1cn2nc(-c3cc(=O)n4cc(N5CCN(C(=O)OC(C)(C)C)[C@H](C)C5)sc4n3)cc(C)c2n1. The van der Waals surface area contributed by atoms with Crippen LogP contribution in [0.1, 0.15) is 39.0 Å². The first-order chi connectivity index (χ1) is 16.5. The lowest BCUT2D eigenvalue weighted by molar-refractivity contribution is 0.0159. The van der Waals surface area contributed by atoms with Crippen LogP contribution in [0.15, 0.2) is 29.3 Å². The highest BCUT2D eigenvalue weighted by Crippen LogP contribution is 2.29. The van der Waals surface area contributed by atoms with Gasteiger partial charge < -0.3 is 14.5 Å². The summed E-state index contributed by atoms with van der Waals surface area (Å²) < 4.78 is 8.85. The summed E-state index contributed by atoms with van der Waals surface area (Å²) in [6, 6.07) is 3.40. The summed E-state index contributed by atoms with van der Waals surface area (Å²) in [5.41, 5.74) is 3.11. The van der Waals surface area contributed by atoms with Crippen LogP contribution in [0.25, 0.3) is 22.0 Å². The summed E-state index contributed by atoms with van der Waals surface area (Å²) in [6.07, 6.45) is 3.39. The van der Waals surface area contributed by atoms with E-state index in [4.69, 9.17) is 9.72 Å². The van der Waals surface area contributed by atoms with Crippen LogP contribution in [0.5, 0.6) is 0 Å². The molecule has 0 unspecified atom stereocenters. The van der Waals surface area contributed by atoms with Crippen LogP contribution < -0.4 is 10.5 Å². The molecule has 1 saturated heterocycles. The van der Waals surface area contributed by atoms with E-state index in [-0.39, 0.29) is 17.7 Å². The van der Waals surface area contributed by atoms with E-state index >= 15 is 0 Å². The molecule has 11 heteroatoms. The maximum Gasteiger partial charge on any atom is 0.410 e. The molecular formula is C24H29N7O3S. The second-order valence-corrected chi connectivity index (χ2v) is 11.0. The van der Waals surface area contributed by atoms with Crippen molar-refractivity contribution in [1.29, 1.82) is 0 Å². The van der Waals surface area contributed by atoms with Gasteiger partial charge in [0.05, 0.1) is 17.6 Å². The average Bonchev–Trinajstić information content (AvgIpc) is 3.36. The number of fused-ring (bicyclic) bond motifs is 2. The van der Waals surface area contributed by atoms with E-state index in [2.05, 4.69) is 15.0 Å². The largest absolute Gasteiger partial charge is 0.444 e. The number of aryl methyl sites for hydroxylation is 2. The number of carbonyl (C=O) groups is 1. The molecule has 1 fully saturated rings.